The first-order chi connectivity index (χ1) is 12.0. The van der Waals surface area contributed by atoms with E-state index in [1.807, 2.05) is 49.3 Å². The van der Waals surface area contributed by atoms with E-state index in [1.165, 1.54) is 7.11 Å². The smallest absolute Gasteiger partial charge is 0.258 e. The summed E-state index contributed by atoms with van der Waals surface area (Å²) >= 11 is 0. The zero-order valence-electron chi connectivity index (χ0n) is 14.6. The van der Waals surface area contributed by atoms with Crippen LogP contribution in [0.1, 0.15) is 11.1 Å². The zero-order chi connectivity index (χ0) is 18.2. The lowest BCUT2D eigenvalue weighted by atomic mass is 10.2. The van der Waals surface area contributed by atoms with Crippen molar-refractivity contribution >= 4 is 11.6 Å². The minimum Gasteiger partial charge on any atom is -0.493 e. The van der Waals surface area contributed by atoms with Crippen molar-refractivity contribution in [2.24, 2.45) is 0 Å². The summed E-state index contributed by atoms with van der Waals surface area (Å²) in [5, 5.41) is 11.7. The lowest BCUT2D eigenvalue weighted by Crippen LogP contribution is -2.28. The Bertz CT molecular complexity index is 764. The van der Waals surface area contributed by atoms with Crippen molar-refractivity contribution in [3.63, 3.8) is 0 Å². The van der Waals surface area contributed by atoms with Gasteiger partial charge in [-0.05, 0) is 29.8 Å². The Morgan fingerprint density at radius 2 is 1.88 bits per heavy atom. The van der Waals surface area contributed by atoms with Crippen LogP contribution in [0.15, 0.2) is 42.5 Å². The fourth-order valence-corrected chi connectivity index (χ4v) is 2.16. The summed E-state index contributed by atoms with van der Waals surface area (Å²) in [6.07, 6.45) is 0. The standard InChI is InChI=1S/C19H21N3O3/c1-22(2)16-7-4-14(5-8-16)12-21-19(23)13-25-17-9-6-15(11-20)10-18(17)24-3/h4-10H,12-13H2,1-3H3,(H,21,23). The number of rotatable bonds is 7. The Morgan fingerprint density at radius 1 is 1.16 bits per heavy atom. The van der Waals surface area contributed by atoms with Crippen LogP contribution in [-0.2, 0) is 11.3 Å². The lowest BCUT2D eigenvalue weighted by molar-refractivity contribution is -0.123. The van der Waals surface area contributed by atoms with Gasteiger partial charge in [0.1, 0.15) is 0 Å². The van der Waals surface area contributed by atoms with Gasteiger partial charge in [0, 0.05) is 32.4 Å². The van der Waals surface area contributed by atoms with Gasteiger partial charge in [0.05, 0.1) is 18.7 Å². The van der Waals surface area contributed by atoms with E-state index >= 15 is 0 Å². The number of carbonyl (C=O) groups is 1. The number of hydrogen-bond acceptors (Lipinski definition) is 5. The highest BCUT2D eigenvalue weighted by Crippen LogP contribution is 2.27. The molecule has 1 N–H and O–H groups in total. The molecule has 6 nitrogen and oxygen atoms in total. The van der Waals surface area contributed by atoms with Crippen molar-refractivity contribution in [1.29, 1.82) is 5.26 Å². The van der Waals surface area contributed by atoms with Gasteiger partial charge in [-0.25, -0.2) is 0 Å². The maximum absolute atomic E-state index is 12.0. The van der Waals surface area contributed by atoms with E-state index < -0.39 is 0 Å². The van der Waals surface area contributed by atoms with Gasteiger partial charge in [-0.3, -0.25) is 4.79 Å². The summed E-state index contributed by atoms with van der Waals surface area (Å²) in [5.41, 5.74) is 2.58. The maximum atomic E-state index is 12.0. The first kappa shape index (κ1) is 18.1. The van der Waals surface area contributed by atoms with Gasteiger partial charge in [-0.2, -0.15) is 5.26 Å². The first-order valence-electron chi connectivity index (χ1n) is 7.77. The third kappa shape index (κ3) is 5.15. The summed E-state index contributed by atoms with van der Waals surface area (Å²) in [4.78, 5) is 14.0. The van der Waals surface area contributed by atoms with Crippen LogP contribution < -0.4 is 19.7 Å². The fourth-order valence-electron chi connectivity index (χ4n) is 2.16. The maximum Gasteiger partial charge on any atom is 0.258 e. The van der Waals surface area contributed by atoms with E-state index in [9.17, 15) is 4.79 Å². The van der Waals surface area contributed by atoms with Crippen molar-refractivity contribution in [2.75, 3.05) is 32.7 Å². The molecule has 0 aliphatic rings. The van der Waals surface area contributed by atoms with Gasteiger partial charge in [-0.15, -0.1) is 0 Å². The molecule has 0 bridgehead atoms. The largest absolute Gasteiger partial charge is 0.493 e. The van der Waals surface area contributed by atoms with Crippen LogP contribution in [0.3, 0.4) is 0 Å². The molecule has 0 aromatic heterocycles. The number of amides is 1. The number of carbonyl (C=O) groups excluding carboxylic acids is 1. The van der Waals surface area contributed by atoms with Crippen LogP contribution in [0, 0.1) is 11.3 Å². The average Bonchev–Trinajstić information content (AvgIpc) is 2.64. The molecule has 25 heavy (non-hydrogen) atoms. The molecule has 0 radical (unpaired) electrons. The molecular formula is C19H21N3O3. The molecule has 0 saturated carbocycles. The first-order valence-corrected chi connectivity index (χ1v) is 7.77. The predicted octanol–water partition coefficient (Wildman–Crippen LogP) is 2.33. The Labute approximate surface area is 147 Å². The quantitative estimate of drug-likeness (QED) is 0.838. The van der Waals surface area contributed by atoms with Crippen molar-refractivity contribution in [2.45, 2.75) is 6.54 Å². The molecule has 2 aromatic carbocycles. The molecule has 2 aromatic rings. The van der Waals surface area contributed by atoms with E-state index in [-0.39, 0.29) is 12.5 Å². The minimum atomic E-state index is -0.233. The van der Waals surface area contributed by atoms with Crippen LogP contribution in [-0.4, -0.2) is 33.7 Å². The Balaban J connectivity index is 1.86. The molecule has 0 aliphatic carbocycles. The second kappa shape index (κ2) is 8.60. The van der Waals surface area contributed by atoms with Crippen LogP contribution in [0.5, 0.6) is 11.5 Å². The SMILES string of the molecule is COc1cc(C#N)ccc1OCC(=O)NCc1ccc(N(C)C)cc1. The fraction of sp³-hybridized carbons (Fsp3) is 0.263. The van der Waals surface area contributed by atoms with E-state index in [1.54, 1.807) is 18.2 Å². The van der Waals surface area contributed by atoms with Crippen LogP contribution >= 0.6 is 0 Å². The Morgan fingerprint density at radius 3 is 2.48 bits per heavy atom. The molecule has 0 spiro atoms. The van der Waals surface area contributed by atoms with Gasteiger partial charge in [0.15, 0.2) is 18.1 Å². The molecule has 0 atom stereocenters. The molecule has 0 aliphatic heterocycles. The van der Waals surface area contributed by atoms with Crippen molar-refractivity contribution in [3.05, 3.63) is 53.6 Å². The number of anilines is 1. The number of hydrogen-bond donors (Lipinski definition) is 1. The van der Waals surface area contributed by atoms with Gasteiger partial charge >= 0.3 is 0 Å². The van der Waals surface area contributed by atoms with Crippen molar-refractivity contribution in [1.82, 2.24) is 5.32 Å². The van der Waals surface area contributed by atoms with Gasteiger partial charge < -0.3 is 19.7 Å². The summed E-state index contributed by atoms with van der Waals surface area (Å²) in [6.45, 7) is 0.304. The predicted molar refractivity (Wildman–Crippen MR) is 95.8 cm³/mol. The van der Waals surface area contributed by atoms with Crippen LogP contribution in [0.4, 0.5) is 5.69 Å². The molecular weight excluding hydrogens is 318 g/mol. The summed E-state index contributed by atoms with van der Waals surface area (Å²) < 4.78 is 10.6. The molecule has 0 unspecified atom stereocenters. The Hall–Kier alpha value is -3.20. The molecule has 0 fully saturated rings. The zero-order valence-corrected chi connectivity index (χ0v) is 14.6. The Kier molecular flexibility index (Phi) is 6.24. The molecule has 1 amide bonds. The van der Waals surface area contributed by atoms with Crippen molar-refractivity contribution < 1.29 is 14.3 Å². The molecule has 130 valence electrons. The van der Waals surface area contributed by atoms with E-state index in [0.717, 1.165) is 11.3 Å². The number of methoxy groups -OCH3 is 1. The number of nitrogens with one attached hydrogen (secondary N) is 1. The second-order valence-corrected chi connectivity index (χ2v) is 5.60. The van der Waals surface area contributed by atoms with E-state index in [2.05, 4.69) is 5.32 Å². The topological polar surface area (TPSA) is 74.6 Å². The highest BCUT2D eigenvalue weighted by molar-refractivity contribution is 5.77. The normalized spacial score (nSPS) is 9.84. The number of nitriles is 1. The average molecular weight is 339 g/mol. The molecule has 2 rings (SSSR count). The van der Waals surface area contributed by atoms with E-state index in [0.29, 0.717) is 23.6 Å². The third-order valence-electron chi connectivity index (χ3n) is 3.59. The highest BCUT2D eigenvalue weighted by Gasteiger charge is 2.08. The van der Waals surface area contributed by atoms with Crippen LogP contribution in [0.2, 0.25) is 0 Å². The van der Waals surface area contributed by atoms with Crippen molar-refractivity contribution in [3.8, 4) is 17.6 Å². The third-order valence-corrected chi connectivity index (χ3v) is 3.59. The second-order valence-electron chi connectivity index (χ2n) is 5.60. The number of nitrogens with zero attached hydrogens (tertiary/aromatic N) is 2. The highest BCUT2D eigenvalue weighted by atomic mass is 16.5. The van der Waals surface area contributed by atoms with Gasteiger partial charge in [0.2, 0.25) is 0 Å². The molecule has 0 heterocycles. The van der Waals surface area contributed by atoms with Gasteiger partial charge in [-0.1, -0.05) is 12.1 Å². The summed E-state index contributed by atoms with van der Waals surface area (Å²) in [5.74, 6) is 0.612. The number of benzene rings is 2. The minimum absolute atomic E-state index is 0.127. The summed E-state index contributed by atoms with van der Waals surface area (Å²) in [6, 6.07) is 14.8. The summed E-state index contributed by atoms with van der Waals surface area (Å²) in [7, 11) is 5.44. The molecule has 0 saturated heterocycles. The van der Waals surface area contributed by atoms with Gasteiger partial charge in [0.25, 0.3) is 5.91 Å². The van der Waals surface area contributed by atoms with Crippen LogP contribution in [0.25, 0.3) is 0 Å². The lowest BCUT2D eigenvalue weighted by Gasteiger charge is -2.13. The molecule has 6 heteroatoms. The van der Waals surface area contributed by atoms with E-state index in [4.69, 9.17) is 14.7 Å². The number of ether oxygens (including phenoxy) is 2. The monoisotopic (exact) mass is 339 g/mol.